The zero-order valence-corrected chi connectivity index (χ0v) is 12.3. The highest BCUT2D eigenvalue weighted by atomic mass is 35.5. The van der Waals surface area contributed by atoms with Crippen LogP contribution in [0, 0.1) is 6.92 Å². The van der Waals surface area contributed by atoms with Gasteiger partial charge in [-0.15, -0.1) is 0 Å². The van der Waals surface area contributed by atoms with Crippen molar-refractivity contribution < 1.29 is 19.1 Å². The third kappa shape index (κ3) is 4.62. The first-order valence-electron chi connectivity index (χ1n) is 6.02. The van der Waals surface area contributed by atoms with Crippen molar-refractivity contribution in [2.75, 3.05) is 25.6 Å². The fourth-order valence-electron chi connectivity index (χ4n) is 1.47. The predicted octanol–water partition coefficient (Wildman–Crippen LogP) is 2.34. The Bertz CT molecular complexity index is 505. The summed E-state index contributed by atoms with van der Waals surface area (Å²) in [5.74, 6) is 0.0163. The third-order valence-electron chi connectivity index (χ3n) is 2.44. The molecule has 0 radical (unpaired) electrons. The number of alkyl carbamates (subject to hydrolysis) is 1. The van der Waals surface area contributed by atoms with E-state index in [1.807, 2.05) is 6.92 Å². The molecule has 0 heterocycles. The maximum Gasteiger partial charge on any atom is 0.413 e. The molecule has 0 aliphatic carbocycles. The van der Waals surface area contributed by atoms with Crippen LogP contribution in [0.15, 0.2) is 12.1 Å². The molecule has 0 bridgehead atoms. The van der Waals surface area contributed by atoms with E-state index >= 15 is 0 Å². The van der Waals surface area contributed by atoms with Gasteiger partial charge in [0, 0.05) is 11.1 Å². The molecule has 1 aromatic carbocycles. The average molecular weight is 301 g/mol. The molecule has 0 spiro atoms. The smallest absolute Gasteiger partial charge is 0.413 e. The fourth-order valence-corrected chi connectivity index (χ4v) is 1.62. The van der Waals surface area contributed by atoms with Gasteiger partial charge in [-0.2, -0.15) is 0 Å². The number of nitrogens with one attached hydrogen (secondary N) is 2. The van der Waals surface area contributed by atoms with Gasteiger partial charge in [0.1, 0.15) is 5.75 Å². The van der Waals surface area contributed by atoms with Crippen LogP contribution in [0.4, 0.5) is 10.5 Å². The van der Waals surface area contributed by atoms with E-state index < -0.39 is 12.0 Å². The zero-order valence-electron chi connectivity index (χ0n) is 11.6. The molecular weight excluding hydrogens is 284 g/mol. The average Bonchev–Trinajstić information content (AvgIpc) is 2.39. The maximum absolute atomic E-state index is 11.5. The van der Waals surface area contributed by atoms with E-state index in [0.717, 1.165) is 5.56 Å². The summed E-state index contributed by atoms with van der Waals surface area (Å²) < 4.78 is 9.77. The summed E-state index contributed by atoms with van der Waals surface area (Å²) in [5, 5.41) is 5.53. The van der Waals surface area contributed by atoms with Crippen LogP contribution in [-0.2, 0) is 9.53 Å². The Hall–Kier alpha value is -1.95. The van der Waals surface area contributed by atoms with Gasteiger partial charge in [-0.25, -0.2) is 4.79 Å². The normalized spacial score (nSPS) is 9.80. The molecule has 0 unspecified atom stereocenters. The van der Waals surface area contributed by atoms with E-state index in [1.54, 1.807) is 19.1 Å². The first kappa shape index (κ1) is 16.1. The SMILES string of the molecule is CCOC(=O)NC(=O)CNc1cc(C)c(Cl)cc1OC. The highest BCUT2D eigenvalue weighted by Crippen LogP contribution is 2.30. The molecule has 20 heavy (non-hydrogen) atoms. The molecule has 1 aromatic rings. The van der Waals surface area contributed by atoms with Crippen LogP contribution in [0.3, 0.4) is 0 Å². The van der Waals surface area contributed by atoms with Crippen LogP contribution in [0.2, 0.25) is 5.02 Å². The van der Waals surface area contributed by atoms with E-state index in [-0.39, 0.29) is 13.2 Å². The van der Waals surface area contributed by atoms with Crippen molar-refractivity contribution in [3.63, 3.8) is 0 Å². The minimum atomic E-state index is -0.765. The third-order valence-corrected chi connectivity index (χ3v) is 2.84. The Balaban J connectivity index is 2.63. The second kappa shape index (κ2) is 7.59. The summed E-state index contributed by atoms with van der Waals surface area (Å²) in [6.45, 7) is 3.61. The lowest BCUT2D eigenvalue weighted by molar-refractivity contribution is -0.118. The summed E-state index contributed by atoms with van der Waals surface area (Å²) in [5.41, 5.74) is 1.47. The first-order valence-corrected chi connectivity index (χ1v) is 6.40. The molecule has 0 saturated carbocycles. The number of benzene rings is 1. The summed E-state index contributed by atoms with van der Waals surface area (Å²) >= 11 is 5.98. The minimum Gasteiger partial charge on any atom is -0.495 e. The Morgan fingerprint density at radius 2 is 2.05 bits per heavy atom. The van der Waals surface area contributed by atoms with Gasteiger partial charge in [0.05, 0.1) is 25.9 Å². The molecule has 0 aromatic heterocycles. The minimum absolute atomic E-state index is 0.0871. The number of aryl methyl sites for hydroxylation is 1. The van der Waals surface area contributed by atoms with Gasteiger partial charge in [0.25, 0.3) is 0 Å². The number of hydrogen-bond acceptors (Lipinski definition) is 5. The highest BCUT2D eigenvalue weighted by molar-refractivity contribution is 6.31. The summed E-state index contributed by atoms with van der Waals surface area (Å²) in [7, 11) is 1.50. The van der Waals surface area contributed by atoms with Crippen LogP contribution in [-0.4, -0.2) is 32.3 Å². The molecule has 0 saturated heterocycles. The molecule has 7 heteroatoms. The number of hydrogen-bond donors (Lipinski definition) is 2. The van der Waals surface area contributed by atoms with Crippen LogP contribution >= 0.6 is 11.6 Å². The van der Waals surface area contributed by atoms with E-state index in [0.29, 0.717) is 16.5 Å². The standard InChI is InChI=1S/C13H17ClN2O4/c1-4-20-13(18)16-12(17)7-15-10-5-8(2)9(14)6-11(10)19-3/h5-6,15H,4,7H2,1-3H3,(H,16,17,18). The fraction of sp³-hybridized carbons (Fsp3) is 0.385. The van der Waals surface area contributed by atoms with Crippen LogP contribution in [0.5, 0.6) is 5.75 Å². The lowest BCUT2D eigenvalue weighted by Gasteiger charge is -2.12. The topological polar surface area (TPSA) is 76.7 Å². The second-order valence-electron chi connectivity index (χ2n) is 3.92. The number of carbonyl (C=O) groups is 2. The van der Waals surface area contributed by atoms with E-state index in [9.17, 15) is 9.59 Å². The van der Waals surface area contributed by atoms with Gasteiger partial charge in [0.2, 0.25) is 5.91 Å². The van der Waals surface area contributed by atoms with Gasteiger partial charge >= 0.3 is 6.09 Å². The summed E-state index contributed by atoms with van der Waals surface area (Å²) in [4.78, 5) is 22.6. The molecule has 0 aliphatic rings. The Morgan fingerprint density at radius 1 is 1.35 bits per heavy atom. The van der Waals surface area contributed by atoms with Gasteiger partial charge in [-0.05, 0) is 25.5 Å². The maximum atomic E-state index is 11.5. The van der Waals surface area contributed by atoms with E-state index in [2.05, 4.69) is 15.4 Å². The van der Waals surface area contributed by atoms with Crippen molar-refractivity contribution in [2.24, 2.45) is 0 Å². The lowest BCUT2D eigenvalue weighted by Crippen LogP contribution is -2.35. The monoisotopic (exact) mass is 300 g/mol. The highest BCUT2D eigenvalue weighted by Gasteiger charge is 2.11. The number of imide groups is 1. The molecule has 0 aliphatic heterocycles. The number of rotatable bonds is 5. The van der Waals surface area contributed by atoms with Crippen molar-refractivity contribution in [3.05, 3.63) is 22.7 Å². The number of methoxy groups -OCH3 is 1. The van der Waals surface area contributed by atoms with Crippen molar-refractivity contribution >= 4 is 29.3 Å². The zero-order chi connectivity index (χ0) is 15.1. The van der Waals surface area contributed by atoms with Crippen molar-refractivity contribution in [1.29, 1.82) is 0 Å². The van der Waals surface area contributed by atoms with Crippen molar-refractivity contribution in [2.45, 2.75) is 13.8 Å². The number of halogens is 1. The number of carbonyl (C=O) groups excluding carboxylic acids is 2. The van der Waals surface area contributed by atoms with Gasteiger partial charge in [-0.3, -0.25) is 10.1 Å². The number of ether oxygens (including phenoxy) is 2. The molecule has 2 amide bonds. The second-order valence-corrected chi connectivity index (χ2v) is 4.33. The Kier molecular flexibility index (Phi) is 6.11. The van der Waals surface area contributed by atoms with Crippen LogP contribution in [0.1, 0.15) is 12.5 Å². The largest absolute Gasteiger partial charge is 0.495 e. The molecule has 110 valence electrons. The van der Waals surface area contributed by atoms with Crippen molar-refractivity contribution in [1.82, 2.24) is 5.32 Å². The molecule has 1 rings (SSSR count). The summed E-state index contributed by atoms with van der Waals surface area (Å²) in [6.07, 6.45) is -0.765. The number of amides is 2. The molecular formula is C13H17ClN2O4. The number of anilines is 1. The molecule has 2 N–H and O–H groups in total. The quantitative estimate of drug-likeness (QED) is 0.873. The first-order chi connectivity index (χ1) is 9.47. The lowest BCUT2D eigenvalue weighted by atomic mass is 10.2. The molecule has 0 atom stereocenters. The summed E-state index contributed by atoms with van der Waals surface area (Å²) in [6, 6.07) is 3.42. The Labute approximate surface area is 122 Å². The van der Waals surface area contributed by atoms with Crippen LogP contribution in [0.25, 0.3) is 0 Å². The predicted molar refractivity (Wildman–Crippen MR) is 76.4 cm³/mol. The van der Waals surface area contributed by atoms with E-state index in [4.69, 9.17) is 16.3 Å². The van der Waals surface area contributed by atoms with Gasteiger partial charge in [-0.1, -0.05) is 11.6 Å². The van der Waals surface area contributed by atoms with Gasteiger partial charge < -0.3 is 14.8 Å². The van der Waals surface area contributed by atoms with E-state index in [1.165, 1.54) is 7.11 Å². The van der Waals surface area contributed by atoms with Crippen molar-refractivity contribution in [3.8, 4) is 5.75 Å². The van der Waals surface area contributed by atoms with Gasteiger partial charge in [0.15, 0.2) is 0 Å². The molecule has 6 nitrogen and oxygen atoms in total. The molecule has 0 fully saturated rings. The Morgan fingerprint density at radius 3 is 2.65 bits per heavy atom. The van der Waals surface area contributed by atoms with Crippen LogP contribution < -0.4 is 15.4 Å².